The van der Waals surface area contributed by atoms with Gasteiger partial charge in [0.2, 0.25) is 0 Å². The second-order valence-electron chi connectivity index (χ2n) is 7.01. The van der Waals surface area contributed by atoms with Gasteiger partial charge in [-0.05, 0) is 32.1 Å². The minimum Gasteiger partial charge on any atom is -0.390 e. The van der Waals surface area contributed by atoms with Gasteiger partial charge in [0.05, 0.1) is 5.69 Å². The van der Waals surface area contributed by atoms with Gasteiger partial charge in [0.15, 0.2) is 5.69 Å². The topological polar surface area (TPSA) is 71.2 Å². The summed E-state index contributed by atoms with van der Waals surface area (Å²) >= 11 is 0. The molecule has 3 rings (SSSR count). The highest BCUT2D eigenvalue weighted by Crippen LogP contribution is 2.33. The van der Waals surface area contributed by atoms with E-state index in [1.165, 1.54) is 30.6 Å². The number of carbonyl (C=O) groups excluding carboxylic acids is 1. The number of likely N-dealkylation sites (tertiary alicyclic amines) is 1. The lowest BCUT2D eigenvalue weighted by Gasteiger charge is -2.21. The van der Waals surface area contributed by atoms with E-state index in [9.17, 15) is 13.6 Å². The molecule has 2 aliphatic rings. The van der Waals surface area contributed by atoms with Crippen molar-refractivity contribution in [2.45, 2.75) is 51.5 Å². The Morgan fingerprint density at radius 1 is 1.33 bits per heavy atom. The SMILES string of the molecule is Cc1c(C(=O)N2CCC(C(F)(F)CO)C2)nnn1CC1CCCC1. The minimum absolute atomic E-state index is 0.0542. The van der Waals surface area contributed by atoms with Gasteiger partial charge in [-0.1, -0.05) is 18.1 Å². The molecule has 1 aromatic rings. The van der Waals surface area contributed by atoms with Gasteiger partial charge in [0, 0.05) is 25.6 Å². The number of alkyl halides is 2. The third kappa shape index (κ3) is 3.29. The van der Waals surface area contributed by atoms with Gasteiger partial charge in [-0.2, -0.15) is 0 Å². The zero-order valence-corrected chi connectivity index (χ0v) is 13.9. The number of halogens is 2. The van der Waals surface area contributed by atoms with Crippen LogP contribution in [-0.4, -0.2) is 56.5 Å². The summed E-state index contributed by atoms with van der Waals surface area (Å²) in [6.07, 6.45) is 5.00. The number of nitrogens with zero attached hydrogens (tertiary/aromatic N) is 4. The highest BCUT2D eigenvalue weighted by Gasteiger charge is 2.44. The van der Waals surface area contributed by atoms with Crippen LogP contribution in [0.1, 0.15) is 48.3 Å². The van der Waals surface area contributed by atoms with Crippen LogP contribution in [0.5, 0.6) is 0 Å². The highest BCUT2D eigenvalue weighted by atomic mass is 19.3. The molecule has 0 spiro atoms. The Kier molecular flexibility index (Phi) is 4.85. The monoisotopic (exact) mass is 342 g/mol. The molecule has 1 saturated heterocycles. The molecule has 1 atom stereocenters. The number of aliphatic hydroxyl groups is 1. The van der Waals surface area contributed by atoms with Gasteiger partial charge in [-0.3, -0.25) is 4.79 Å². The fourth-order valence-electron chi connectivity index (χ4n) is 3.74. The van der Waals surface area contributed by atoms with Crippen LogP contribution in [0.4, 0.5) is 8.78 Å². The third-order valence-electron chi connectivity index (χ3n) is 5.37. The van der Waals surface area contributed by atoms with E-state index in [1.54, 1.807) is 11.6 Å². The Morgan fingerprint density at radius 2 is 2.04 bits per heavy atom. The second-order valence-corrected chi connectivity index (χ2v) is 7.01. The number of amides is 1. The number of rotatable bonds is 5. The van der Waals surface area contributed by atoms with E-state index in [4.69, 9.17) is 5.11 Å². The fourth-order valence-corrected chi connectivity index (χ4v) is 3.74. The Hall–Kier alpha value is -1.57. The number of hydrogen-bond acceptors (Lipinski definition) is 4. The molecule has 0 bridgehead atoms. The van der Waals surface area contributed by atoms with Crippen LogP contribution in [0, 0.1) is 18.8 Å². The summed E-state index contributed by atoms with van der Waals surface area (Å²) in [5.41, 5.74) is 0.949. The van der Waals surface area contributed by atoms with E-state index in [2.05, 4.69) is 10.3 Å². The Morgan fingerprint density at radius 3 is 2.71 bits per heavy atom. The molecule has 1 aliphatic carbocycles. The van der Waals surface area contributed by atoms with Gasteiger partial charge in [-0.25, -0.2) is 13.5 Å². The average molecular weight is 342 g/mol. The smallest absolute Gasteiger partial charge is 0.276 e. The molecule has 1 aromatic heterocycles. The molecule has 24 heavy (non-hydrogen) atoms. The summed E-state index contributed by atoms with van der Waals surface area (Å²) in [5.74, 6) is -3.92. The van der Waals surface area contributed by atoms with Crippen LogP contribution in [0.15, 0.2) is 0 Å². The lowest BCUT2D eigenvalue weighted by atomic mass is 10.0. The first-order valence-corrected chi connectivity index (χ1v) is 8.60. The molecule has 1 aliphatic heterocycles. The van der Waals surface area contributed by atoms with Crippen molar-refractivity contribution >= 4 is 5.91 Å². The Balaban J connectivity index is 1.66. The third-order valence-corrected chi connectivity index (χ3v) is 5.37. The van der Waals surface area contributed by atoms with E-state index >= 15 is 0 Å². The van der Waals surface area contributed by atoms with Gasteiger partial charge >= 0.3 is 0 Å². The van der Waals surface area contributed by atoms with Crippen LogP contribution >= 0.6 is 0 Å². The van der Waals surface area contributed by atoms with E-state index in [-0.39, 0.29) is 31.1 Å². The molecule has 1 unspecified atom stereocenters. The molecule has 2 heterocycles. The van der Waals surface area contributed by atoms with Crippen molar-refractivity contribution in [3.63, 3.8) is 0 Å². The number of aliphatic hydroxyl groups excluding tert-OH is 1. The van der Waals surface area contributed by atoms with Crippen molar-refractivity contribution in [3.05, 3.63) is 11.4 Å². The van der Waals surface area contributed by atoms with Crippen molar-refractivity contribution in [3.8, 4) is 0 Å². The van der Waals surface area contributed by atoms with Crippen molar-refractivity contribution in [1.82, 2.24) is 19.9 Å². The molecular weight excluding hydrogens is 318 g/mol. The Labute approximate surface area is 139 Å². The lowest BCUT2D eigenvalue weighted by molar-refractivity contribution is -0.0930. The molecule has 0 aromatic carbocycles. The predicted molar refractivity (Wildman–Crippen MR) is 82.8 cm³/mol. The summed E-state index contributed by atoms with van der Waals surface area (Å²) < 4.78 is 28.9. The molecule has 1 amide bonds. The van der Waals surface area contributed by atoms with Gasteiger partial charge in [0.25, 0.3) is 11.8 Å². The maximum Gasteiger partial charge on any atom is 0.276 e. The molecule has 134 valence electrons. The first-order valence-electron chi connectivity index (χ1n) is 8.60. The first kappa shape index (κ1) is 17.3. The van der Waals surface area contributed by atoms with Crippen LogP contribution in [0.3, 0.4) is 0 Å². The number of hydrogen-bond donors (Lipinski definition) is 1. The number of aromatic nitrogens is 3. The van der Waals surface area contributed by atoms with Crippen LogP contribution in [0.2, 0.25) is 0 Å². The predicted octanol–water partition coefficient (Wildman–Crippen LogP) is 1.87. The van der Waals surface area contributed by atoms with Crippen molar-refractivity contribution in [2.75, 3.05) is 19.7 Å². The standard InChI is InChI=1S/C16H24F2N4O2/c1-11-14(19-20-22(11)8-12-4-2-3-5-12)15(24)21-7-6-13(9-21)16(17,18)10-23/h12-13,23H,2-10H2,1H3. The molecule has 2 fully saturated rings. The zero-order chi connectivity index (χ0) is 17.3. The normalized spacial score (nSPS) is 22.5. The van der Waals surface area contributed by atoms with Gasteiger partial charge in [-0.15, -0.1) is 5.10 Å². The minimum atomic E-state index is -3.15. The van der Waals surface area contributed by atoms with E-state index < -0.39 is 18.4 Å². The second kappa shape index (κ2) is 6.74. The summed E-state index contributed by atoms with van der Waals surface area (Å²) in [7, 11) is 0. The van der Waals surface area contributed by atoms with Gasteiger partial charge < -0.3 is 10.0 Å². The van der Waals surface area contributed by atoms with Crippen molar-refractivity contribution in [2.24, 2.45) is 11.8 Å². The van der Waals surface area contributed by atoms with Crippen LogP contribution in [-0.2, 0) is 6.54 Å². The molecule has 1 N–H and O–H groups in total. The molecule has 8 heteroatoms. The average Bonchev–Trinajstić information content (AvgIpc) is 3.30. The van der Waals surface area contributed by atoms with E-state index in [1.807, 2.05) is 0 Å². The summed E-state index contributed by atoms with van der Waals surface area (Å²) in [5, 5.41) is 16.9. The van der Waals surface area contributed by atoms with E-state index in [0.717, 1.165) is 6.54 Å². The van der Waals surface area contributed by atoms with Crippen molar-refractivity contribution in [1.29, 1.82) is 0 Å². The van der Waals surface area contributed by atoms with Crippen LogP contribution in [0.25, 0.3) is 0 Å². The maximum atomic E-state index is 13.6. The lowest BCUT2D eigenvalue weighted by Crippen LogP contribution is -2.36. The molecule has 0 radical (unpaired) electrons. The zero-order valence-electron chi connectivity index (χ0n) is 13.9. The van der Waals surface area contributed by atoms with Crippen molar-refractivity contribution < 1.29 is 18.7 Å². The quantitative estimate of drug-likeness (QED) is 0.887. The van der Waals surface area contributed by atoms with E-state index in [0.29, 0.717) is 11.6 Å². The van der Waals surface area contributed by atoms with Gasteiger partial charge in [0.1, 0.15) is 6.61 Å². The highest BCUT2D eigenvalue weighted by molar-refractivity contribution is 5.93. The molecular formula is C16H24F2N4O2. The summed E-state index contributed by atoms with van der Waals surface area (Å²) in [6.45, 7) is 1.58. The summed E-state index contributed by atoms with van der Waals surface area (Å²) in [6, 6.07) is 0. The molecule has 1 saturated carbocycles. The first-order chi connectivity index (χ1) is 11.4. The summed E-state index contributed by atoms with van der Waals surface area (Å²) in [4.78, 5) is 14.0. The maximum absolute atomic E-state index is 13.6. The number of carbonyl (C=O) groups is 1. The van der Waals surface area contributed by atoms with Crippen LogP contribution < -0.4 is 0 Å². The largest absolute Gasteiger partial charge is 0.390 e. The Bertz CT molecular complexity index is 599. The molecule has 6 nitrogen and oxygen atoms in total. The fraction of sp³-hybridized carbons (Fsp3) is 0.812.